The number of rotatable bonds is 7. The first kappa shape index (κ1) is 20.4. The molecule has 2 aromatic rings. The quantitative estimate of drug-likeness (QED) is 0.671. The summed E-state index contributed by atoms with van der Waals surface area (Å²) in [4.78, 5) is 23.7. The van der Waals surface area contributed by atoms with Gasteiger partial charge in [0.1, 0.15) is 11.5 Å². The van der Waals surface area contributed by atoms with Crippen LogP contribution < -0.4 is 9.47 Å². The third-order valence-electron chi connectivity index (χ3n) is 4.56. The molecule has 0 radical (unpaired) electrons. The summed E-state index contributed by atoms with van der Waals surface area (Å²) in [6.07, 6.45) is 0.577. The monoisotopic (exact) mass is 396 g/mol. The number of hydrazone groups is 1. The Morgan fingerprint density at radius 1 is 1.14 bits per heavy atom. The summed E-state index contributed by atoms with van der Waals surface area (Å²) in [5, 5.41) is 6.03. The van der Waals surface area contributed by atoms with Crippen molar-refractivity contribution in [3.05, 3.63) is 59.7 Å². The lowest BCUT2D eigenvalue weighted by molar-refractivity contribution is -0.145. The highest BCUT2D eigenvalue weighted by atomic mass is 16.6. The highest BCUT2D eigenvalue weighted by Crippen LogP contribution is 2.34. The van der Waals surface area contributed by atoms with Gasteiger partial charge in [0.15, 0.2) is 6.61 Å². The molecule has 1 amide bonds. The van der Waals surface area contributed by atoms with E-state index in [-0.39, 0.29) is 18.6 Å². The Labute approximate surface area is 169 Å². The van der Waals surface area contributed by atoms with Gasteiger partial charge in [0.2, 0.25) is 5.91 Å². The molecular formula is C22H24N2O5. The molecule has 1 aliphatic rings. The van der Waals surface area contributed by atoms with Crippen LogP contribution in [0.15, 0.2) is 53.6 Å². The minimum atomic E-state index is -0.422. The van der Waals surface area contributed by atoms with Crippen LogP contribution in [0.3, 0.4) is 0 Å². The molecule has 7 heteroatoms. The largest absolute Gasteiger partial charge is 0.497 e. The average Bonchev–Trinajstić information content (AvgIpc) is 3.19. The van der Waals surface area contributed by atoms with Crippen molar-refractivity contribution in [2.45, 2.75) is 26.3 Å². The minimum Gasteiger partial charge on any atom is -0.497 e. The van der Waals surface area contributed by atoms with Crippen LogP contribution in [0.25, 0.3) is 0 Å². The molecule has 0 fully saturated rings. The lowest BCUT2D eigenvalue weighted by atomic mass is 9.98. The third-order valence-corrected chi connectivity index (χ3v) is 4.56. The Kier molecular flexibility index (Phi) is 6.49. The topological polar surface area (TPSA) is 77.4 Å². The molecule has 0 unspecified atom stereocenters. The van der Waals surface area contributed by atoms with Crippen molar-refractivity contribution in [1.82, 2.24) is 5.01 Å². The number of hydrogen-bond acceptors (Lipinski definition) is 6. The fourth-order valence-corrected chi connectivity index (χ4v) is 3.17. The maximum Gasteiger partial charge on any atom is 0.344 e. The van der Waals surface area contributed by atoms with Gasteiger partial charge in [0, 0.05) is 13.3 Å². The van der Waals surface area contributed by atoms with E-state index < -0.39 is 5.97 Å². The van der Waals surface area contributed by atoms with Gasteiger partial charge < -0.3 is 14.2 Å². The number of amides is 1. The van der Waals surface area contributed by atoms with Crippen LogP contribution in [0.4, 0.5) is 0 Å². The normalized spacial score (nSPS) is 15.6. The van der Waals surface area contributed by atoms with Crippen LogP contribution >= 0.6 is 0 Å². The highest BCUT2D eigenvalue weighted by Gasteiger charge is 2.31. The number of nitrogens with zero attached hydrogens (tertiary/aromatic N) is 2. The zero-order valence-corrected chi connectivity index (χ0v) is 16.8. The number of esters is 1. The van der Waals surface area contributed by atoms with Crippen LogP contribution in [-0.2, 0) is 14.3 Å². The number of carbonyl (C=O) groups excluding carboxylic acids is 2. The highest BCUT2D eigenvalue weighted by molar-refractivity contribution is 6.03. The van der Waals surface area contributed by atoms with Crippen LogP contribution in [0.2, 0.25) is 0 Å². The number of hydrogen-bond donors (Lipinski definition) is 0. The van der Waals surface area contributed by atoms with Crippen molar-refractivity contribution in [1.29, 1.82) is 0 Å². The van der Waals surface area contributed by atoms with Crippen molar-refractivity contribution in [2.24, 2.45) is 5.10 Å². The number of benzene rings is 2. The van der Waals surface area contributed by atoms with Crippen molar-refractivity contribution in [3.63, 3.8) is 0 Å². The molecule has 0 bridgehead atoms. The molecule has 1 heterocycles. The molecule has 29 heavy (non-hydrogen) atoms. The molecule has 0 saturated carbocycles. The molecule has 1 aliphatic heterocycles. The van der Waals surface area contributed by atoms with Crippen LogP contribution in [-0.4, -0.2) is 42.9 Å². The summed E-state index contributed by atoms with van der Waals surface area (Å²) >= 11 is 0. The van der Waals surface area contributed by atoms with Gasteiger partial charge in [-0.3, -0.25) is 4.79 Å². The van der Waals surface area contributed by atoms with E-state index in [9.17, 15) is 9.59 Å². The molecule has 0 aromatic heterocycles. The Morgan fingerprint density at radius 3 is 2.55 bits per heavy atom. The molecular weight excluding hydrogens is 372 g/mol. The molecule has 0 N–H and O–H groups in total. The van der Waals surface area contributed by atoms with E-state index in [0.29, 0.717) is 18.8 Å². The van der Waals surface area contributed by atoms with E-state index in [0.717, 1.165) is 22.6 Å². The molecule has 152 valence electrons. The zero-order chi connectivity index (χ0) is 20.8. The predicted molar refractivity (Wildman–Crippen MR) is 108 cm³/mol. The smallest absolute Gasteiger partial charge is 0.344 e. The lowest BCUT2D eigenvalue weighted by Crippen LogP contribution is -2.24. The first-order valence-corrected chi connectivity index (χ1v) is 9.42. The zero-order valence-electron chi connectivity index (χ0n) is 16.8. The van der Waals surface area contributed by atoms with Crippen molar-refractivity contribution >= 4 is 17.6 Å². The van der Waals surface area contributed by atoms with Crippen molar-refractivity contribution in [2.75, 3.05) is 20.3 Å². The predicted octanol–water partition coefficient (Wildman–Crippen LogP) is 3.33. The van der Waals surface area contributed by atoms with Gasteiger partial charge in [-0.1, -0.05) is 12.1 Å². The van der Waals surface area contributed by atoms with Crippen LogP contribution in [0.1, 0.15) is 37.4 Å². The number of ether oxygens (including phenoxy) is 3. The third kappa shape index (κ3) is 4.93. The first-order chi connectivity index (χ1) is 14.0. The van der Waals surface area contributed by atoms with Crippen molar-refractivity contribution < 1.29 is 23.8 Å². The number of carbonyl (C=O) groups is 2. The Balaban J connectivity index is 1.78. The molecule has 1 atom stereocenters. The second-order valence-electron chi connectivity index (χ2n) is 6.52. The van der Waals surface area contributed by atoms with Gasteiger partial charge in [0.05, 0.1) is 25.5 Å². The SMILES string of the molecule is CCOC(=O)COc1cccc([C@H]2CC(c3ccc(OC)cc3)=NN2C(C)=O)c1. The average molecular weight is 396 g/mol. The molecule has 0 aliphatic carbocycles. The summed E-state index contributed by atoms with van der Waals surface area (Å²) in [6, 6.07) is 14.7. The Bertz CT molecular complexity index is 908. The molecule has 3 rings (SSSR count). The molecule has 2 aromatic carbocycles. The first-order valence-electron chi connectivity index (χ1n) is 9.42. The fraction of sp³-hybridized carbons (Fsp3) is 0.318. The lowest BCUT2D eigenvalue weighted by Gasteiger charge is -2.21. The maximum absolute atomic E-state index is 12.2. The van der Waals surface area contributed by atoms with Gasteiger partial charge in [-0.05, 0) is 54.4 Å². The van der Waals surface area contributed by atoms with E-state index in [4.69, 9.17) is 14.2 Å². The summed E-state index contributed by atoms with van der Waals surface area (Å²) in [5.74, 6) is 0.737. The van der Waals surface area contributed by atoms with E-state index in [2.05, 4.69) is 5.10 Å². The maximum atomic E-state index is 12.2. The van der Waals surface area contributed by atoms with Gasteiger partial charge in [0.25, 0.3) is 0 Å². The standard InChI is InChI=1S/C22H24N2O5/c1-4-28-22(26)14-29-19-7-5-6-17(12-19)21-13-20(23-24(21)15(2)25)16-8-10-18(27-3)11-9-16/h5-12,21H,4,13-14H2,1-3H3/t21-/m1/s1. The van der Waals surface area contributed by atoms with Gasteiger partial charge in [-0.25, -0.2) is 9.80 Å². The Hall–Kier alpha value is -3.35. The summed E-state index contributed by atoms with van der Waals surface area (Å²) in [6.45, 7) is 3.39. The van der Waals surface area contributed by atoms with E-state index in [1.807, 2.05) is 42.5 Å². The molecule has 0 spiro atoms. The number of methoxy groups -OCH3 is 1. The van der Waals surface area contributed by atoms with Crippen LogP contribution in [0.5, 0.6) is 11.5 Å². The summed E-state index contributed by atoms with van der Waals surface area (Å²) < 4.78 is 15.6. The van der Waals surface area contributed by atoms with Gasteiger partial charge >= 0.3 is 5.97 Å². The second kappa shape index (κ2) is 9.23. The summed E-state index contributed by atoms with van der Waals surface area (Å²) in [7, 11) is 1.62. The summed E-state index contributed by atoms with van der Waals surface area (Å²) in [5.41, 5.74) is 2.65. The minimum absolute atomic E-state index is 0.142. The van der Waals surface area contributed by atoms with Crippen LogP contribution in [0, 0.1) is 0 Å². The Morgan fingerprint density at radius 2 is 1.90 bits per heavy atom. The molecule has 0 saturated heterocycles. The molecule has 7 nitrogen and oxygen atoms in total. The second-order valence-corrected chi connectivity index (χ2v) is 6.52. The fourth-order valence-electron chi connectivity index (χ4n) is 3.17. The van der Waals surface area contributed by atoms with Crippen molar-refractivity contribution in [3.8, 4) is 11.5 Å². The van der Waals surface area contributed by atoms with E-state index in [1.54, 1.807) is 20.1 Å². The van der Waals surface area contributed by atoms with E-state index in [1.165, 1.54) is 11.9 Å². The van der Waals surface area contributed by atoms with Gasteiger partial charge in [-0.15, -0.1) is 0 Å². The van der Waals surface area contributed by atoms with E-state index >= 15 is 0 Å². The van der Waals surface area contributed by atoms with Gasteiger partial charge in [-0.2, -0.15) is 5.10 Å².